The summed E-state index contributed by atoms with van der Waals surface area (Å²) in [7, 11) is 0. The van der Waals surface area contributed by atoms with Crippen molar-refractivity contribution in [1.29, 1.82) is 0 Å². The van der Waals surface area contributed by atoms with Gasteiger partial charge in [0.05, 0.1) is 5.56 Å². The molecule has 1 amide bonds. The second-order valence-electron chi connectivity index (χ2n) is 8.31. The first-order chi connectivity index (χ1) is 14.0. The molecular weight excluding hydrogens is 390 g/mol. The molecule has 8 nitrogen and oxygen atoms in total. The van der Waals surface area contributed by atoms with Gasteiger partial charge in [-0.1, -0.05) is 13.0 Å². The molecule has 1 aromatic carbocycles. The van der Waals surface area contributed by atoms with Crippen molar-refractivity contribution < 1.29 is 34.8 Å². The molecule has 4 rings (SSSR count). The van der Waals surface area contributed by atoms with Gasteiger partial charge in [-0.25, -0.2) is 0 Å². The molecule has 0 unspecified atom stereocenters. The van der Waals surface area contributed by atoms with E-state index in [9.17, 15) is 34.8 Å². The van der Waals surface area contributed by atoms with Crippen LogP contribution in [0.5, 0.6) is 5.75 Å². The fourth-order valence-electron chi connectivity index (χ4n) is 5.23. The van der Waals surface area contributed by atoms with Crippen LogP contribution in [0.1, 0.15) is 42.0 Å². The number of hydrogen-bond donors (Lipinski definition) is 5. The summed E-state index contributed by atoms with van der Waals surface area (Å²) in [6.45, 7) is 3.63. The number of fused-ring (bicyclic) bond motifs is 3. The van der Waals surface area contributed by atoms with E-state index in [0.717, 1.165) is 11.1 Å². The van der Waals surface area contributed by atoms with E-state index in [1.807, 2.05) is 13.0 Å². The number of rotatable bonds is 2. The fourth-order valence-corrected chi connectivity index (χ4v) is 5.23. The number of phenols is 1. The molecule has 0 heterocycles. The number of amides is 1. The lowest BCUT2D eigenvalue weighted by molar-refractivity contribution is -0.147. The number of nitrogens with two attached hydrogens (primary N) is 1. The second kappa shape index (κ2) is 6.43. The third-order valence-corrected chi connectivity index (χ3v) is 6.73. The molecule has 30 heavy (non-hydrogen) atoms. The molecule has 1 fully saturated rings. The number of hydrogen-bond acceptors (Lipinski definition) is 7. The molecule has 3 atom stereocenters. The topological polar surface area (TPSA) is 158 Å². The number of aryl methyl sites for hydroxylation is 2. The zero-order valence-corrected chi connectivity index (χ0v) is 16.7. The third-order valence-electron chi connectivity index (χ3n) is 6.73. The highest BCUT2D eigenvalue weighted by Gasteiger charge is 2.60. The van der Waals surface area contributed by atoms with Crippen molar-refractivity contribution in [3.63, 3.8) is 0 Å². The zero-order chi connectivity index (χ0) is 22.1. The Hall–Kier alpha value is -3.13. The van der Waals surface area contributed by atoms with Gasteiger partial charge in [0, 0.05) is 17.9 Å². The van der Waals surface area contributed by atoms with Crippen molar-refractivity contribution in [1.82, 2.24) is 0 Å². The fraction of sp³-hybridized carbons (Fsp3) is 0.409. The molecule has 3 aliphatic carbocycles. The lowest BCUT2D eigenvalue weighted by atomic mass is 9.59. The summed E-state index contributed by atoms with van der Waals surface area (Å²) in [5.74, 6) is -6.04. The highest BCUT2D eigenvalue weighted by Crippen LogP contribution is 2.52. The molecule has 8 heteroatoms. The van der Waals surface area contributed by atoms with Gasteiger partial charge in [0.2, 0.25) is 5.78 Å². The highest BCUT2D eigenvalue weighted by molar-refractivity contribution is 6.22. The number of carbonyl (C=O) groups excluding carboxylic acids is 3. The van der Waals surface area contributed by atoms with Gasteiger partial charge in [-0.05, 0) is 48.8 Å². The van der Waals surface area contributed by atoms with E-state index in [-0.39, 0.29) is 29.7 Å². The molecule has 0 aliphatic heterocycles. The Balaban J connectivity index is 1.96. The number of Topliss-reactive ketones (excluding diaryl/α,β-unsaturated/α-hetero) is 2. The molecule has 0 saturated heterocycles. The lowest BCUT2D eigenvalue weighted by Crippen LogP contribution is -2.58. The molecule has 0 bridgehead atoms. The first-order valence-electron chi connectivity index (χ1n) is 9.85. The standard InChI is InChI=1S/C22H23NO7/c1-3-9-4-8(2)17(25)15-12(9)6-10-5-11-7-13(24)16(21(23)29)20(28)22(11,30)19(27)14(10)18(15)26/h4,10-11,25-26,28,30H,3,5-7H2,1-2H3,(H2,23,29)/t10-,11+,22+/m1/s1. The van der Waals surface area contributed by atoms with E-state index in [2.05, 4.69) is 0 Å². The lowest BCUT2D eigenvalue weighted by Gasteiger charge is -2.46. The first-order valence-corrected chi connectivity index (χ1v) is 9.85. The summed E-state index contributed by atoms with van der Waals surface area (Å²) in [4.78, 5) is 37.3. The molecule has 6 N–H and O–H groups in total. The average Bonchev–Trinajstić information content (AvgIpc) is 2.67. The summed E-state index contributed by atoms with van der Waals surface area (Å²) in [6, 6.07) is 1.84. The molecule has 1 aromatic rings. The van der Waals surface area contributed by atoms with Crippen LogP contribution in [0, 0.1) is 18.8 Å². The van der Waals surface area contributed by atoms with Crippen LogP contribution in [-0.4, -0.2) is 43.5 Å². The van der Waals surface area contributed by atoms with E-state index in [1.165, 1.54) is 0 Å². The van der Waals surface area contributed by atoms with Gasteiger partial charge in [-0.15, -0.1) is 0 Å². The monoisotopic (exact) mass is 413 g/mol. The SMILES string of the molecule is CCc1cc(C)c(O)c2c1C[C@H]1C[C@H]3CC(=O)C(C(N)=O)=C(O)[C@@]3(O)C(=O)C1=C2O. The average molecular weight is 413 g/mol. The number of aliphatic hydroxyl groups excluding tert-OH is 2. The molecule has 0 radical (unpaired) electrons. The summed E-state index contributed by atoms with van der Waals surface area (Å²) < 4.78 is 0. The molecule has 3 aliphatic rings. The molecule has 0 spiro atoms. The maximum Gasteiger partial charge on any atom is 0.255 e. The Kier molecular flexibility index (Phi) is 4.32. The zero-order valence-electron chi connectivity index (χ0n) is 16.7. The number of aliphatic hydroxyl groups is 3. The van der Waals surface area contributed by atoms with E-state index in [1.54, 1.807) is 6.92 Å². The third kappa shape index (κ3) is 2.40. The van der Waals surface area contributed by atoms with Crippen LogP contribution in [0.15, 0.2) is 23.0 Å². The van der Waals surface area contributed by atoms with Crippen molar-refractivity contribution in [2.75, 3.05) is 0 Å². The van der Waals surface area contributed by atoms with Gasteiger partial charge < -0.3 is 26.2 Å². The molecule has 1 saturated carbocycles. The van der Waals surface area contributed by atoms with Crippen molar-refractivity contribution in [2.24, 2.45) is 17.6 Å². The van der Waals surface area contributed by atoms with Gasteiger partial charge >= 0.3 is 0 Å². The van der Waals surface area contributed by atoms with Crippen LogP contribution in [0.3, 0.4) is 0 Å². The normalized spacial score (nSPS) is 28.2. The van der Waals surface area contributed by atoms with Crippen LogP contribution in [0.4, 0.5) is 0 Å². The maximum absolute atomic E-state index is 13.4. The largest absolute Gasteiger partial charge is 0.508 e. The van der Waals surface area contributed by atoms with Crippen LogP contribution in [-0.2, 0) is 27.2 Å². The van der Waals surface area contributed by atoms with E-state index in [0.29, 0.717) is 18.4 Å². The number of phenolic OH excluding ortho intramolecular Hbond substituents is 1. The minimum atomic E-state index is -2.53. The van der Waals surface area contributed by atoms with E-state index >= 15 is 0 Å². The summed E-state index contributed by atoms with van der Waals surface area (Å²) in [5.41, 5.74) is 4.09. The van der Waals surface area contributed by atoms with Gasteiger partial charge in [0.1, 0.15) is 22.8 Å². The second-order valence-corrected chi connectivity index (χ2v) is 8.31. The van der Waals surface area contributed by atoms with Gasteiger partial charge in [0.15, 0.2) is 11.4 Å². The first kappa shape index (κ1) is 20.2. The number of primary amides is 1. The number of benzene rings is 1. The van der Waals surface area contributed by atoms with E-state index in [4.69, 9.17) is 5.73 Å². The Morgan fingerprint density at radius 1 is 1.23 bits per heavy atom. The Morgan fingerprint density at radius 2 is 1.90 bits per heavy atom. The maximum atomic E-state index is 13.4. The predicted molar refractivity (Wildman–Crippen MR) is 106 cm³/mol. The van der Waals surface area contributed by atoms with Crippen molar-refractivity contribution in [2.45, 2.75) is 45.1 Å². The number of aromatic hydroxyl groups is 1. The van der Waals surface area contributed by atoms with Gasteiger partial charge in [-0.2, -0.15) is 0 Å². The van der Waals surface area contributed by atoms with Gasteiger partial charge in [-0.3, -0.25) is 14.4 Å². The minimum Gasteiger partial charge on any atom is -0.508 e. The summed E-state index contributed by atoms with van der Waals surface area (Å²) in [6.07, 6.45) is 0.817. The Bertz CT molecular complexity index is 1100. The van der Waals surface area contributed by atoms with Crippen LogP contribution in [0.2, 0.25) is 0 Å². The van der Waals surface area contributed by atoms with Crippen molar-refractivity contribution in [3.05, 3.63) is 45.2 Å². The van der Waals surface area contributed by atoms with Crippen molar-refractivity contribution >= 4 is 23.2 Å². The Labute approximate surface area is 172 Å². The Morgan fingerprint density at radius 3 is 2.50 bits per heavy atom. The number of ketones is 2. The summed E-state index contributed by atoms with van der Waals surface area (Å²) >= 11 is 0. The number of carbonyl (C=O) groups is 3. The predicted octanol–water partition coefficient (Wildman–Crippen LogP) is 1.29. The summed E-state index contributed by atoms with van der Waals surface area (Å²) in [5, 5.41) is 43.3. The molecule has 158 valence electrons. The minimum absolute atomic E-state index is 0.117. The van der Waals surface area contributed by atoms with E-state index < -0.39 is 52.0 Å². The quantitative estimate of drug-likeness (QED) is 0.457. The smallest absolute Gasteiger partial charge is 0.255 e. The highest BCUT2D eigenvalue weighted by atomic mass is 16.3. The van der Waals surface area contributed by atoms with Crippen LogP contribution in [0.25, 0.3) is 5.76 Å². The molecular formula is C22H23NO7. The van der Waals surface area contributed by atoms with Crippen molar-refractivity contribution in [3.8, 4) is 5.75 Å². The van der Waals surface area contributed by atoms with Gasteiger partial charge in [0.25, 0.3) is 5.91 Å². The van der Waals surface area contributed by atoms with Crippen LogP contribution < -0.4 is 5.73 Å². The van der Waals surface area contributed by atoms with Crippen LogP contribution >= 0.6 is 0 Å². The molecule has 0 aromatic heterocycles.